The highest BCUT2D eigenvalue weighted by molar-refractivity contribution is 7.91. The molecular weight excluding hydrogens is 775 g/mol. The first-order valence-electron chi connectivity index (χ1n) is 21.5. The Kier molecular flexibility index (Phi) is 12.9. The Labute approximate surface area is 353 Å². The smallest absolute Gasteiger partial charge is 0.408 e. The Morgan fingerprint density at radius 2 is 1.81 bits per heavy atom. The van der Waals surface area contributed by atoms with Crippen molar-refractivity contribution in [2.24, 2.45) is 17.8 Å². The van der Waals surface area contributed by atoms with E-state index >= 15 is 0 Å². The fourth-order valence-corrected chi connectivity index (χ4v) is 10.5. The van der Waals surface area contributed by atoms with Crippen molar-refractivity contribution in [3.63, 3.8) is 0 Å². The first-order valence-corrected chi connectivity index (χ1v) is 23.0. The fraction of sp³-hybridized carbons (Fsp3) is 0.659. The van der Waals surface area contributed by atoms with Gasteiger partial charge in [-0.3, -0.25) is 19.1 Å². The molecule has 7 atom stereocenters. The molecule has 0 radical (unpaired) electrons. The minimum absolute atomic E-state index is 0. The molecule has 4 amide bonds. The highest BCUT2D eigenvalue weighted by Gasteiger charge is 2.63. The molecule has 7 rings (SSSR count). The number of hydrogen-bond donors (Lipinski definition) is 3. The van der Waals surface area contributed by atoms with Gasteiger partial charge >= 0.3 is 6.09 Å². The van der Waals surface area contributed by atoms with Crippen LogP contribution in [0.3, 0.4) is 0 Å². The molecule has 1 aromatic heterocycles. The second-order valence-electron chi connectivity index (χ2n) is 17.9. The van der Waals surface area contributed by atoms with E-state index in [4.69, 9.17) is 19.2 Å². The summed E-state index contributed by atoms with van der Waals surface area (Å²) < 4.78 is 46.4. The normalized spacial score (nSPS) is 29.6. The minimum Gasteiger partial charge on any atom is -0.477 e. The molecule has 14 nitrogen and oxygen atoms in total. The second kappa shape index (κ2) is 17.3. The molecule has 0 spiro atoms. The van der Waals surface area contributed by atoms with Crippen molar-refractivity contribution in [3.05, 3.63) is 42.0 Å². The van der Waals surface area contributed by atoms with Crippen LogP contribution in [0.1, 0.15) is 123 Å². The summed E-state index contributed by atoms with van der Waals surface area (Å²) in [6, 6.07) is 5.59. The van der Waals surface area contributed by atoms with Gasteiger partial charge in [0.15, 0.2) is 0 Å². The lowest BCUT2D eigenvalue weighted by molar-refractivity contribution is -0.142. The third-order valence-corrected chi connectivity index (χ3v) is 14.7. The van der Waals surface area contributed by atoms with E-state index < -0.39 is 73.8 Å². The SMILES string of the molecule is CC.CCC1(S(=O)(=O)NC(=O)[C@@]23C[C@H]2/C=C\CC[C@H](C)C[C@@H](C)C(NC(=O)OC(C)(C)C)C(=O)N2C[C@H](Oc4nc5c(c6ccccc46)CCCO5)C[C@H]2C(=O)N3)CC1.[HH].[HH].[HH]. The molecule has 1 saturated heterocycles. The van der Waals surface area contributed by atoms with Crippen LogP contribution in [0.2, 0.25) is 0 Å². The van der Waals surface area contributed by atoms with Gasteiger partial charge in [-0.2, -0.15) is 4.98 Å². The number of carbonyl (C=O) groups is 4. The van der Waals surface area contributed by atoms with E-state index in [2.05, 4.69) is 22.3 Å². The summed E-state index contributed by atoms with van der Waals surface area (Å²) in [6.45, 7) is 15.5. The maximum absolute atomic E-state index is 14.9. The van der Waals surface area contributed by atoms with E-state index in [1.165, 1.54) is 4.90 Å². The molecule has 15 heteroatoms. The number of pyridine rings is 1. The van der Waals surface area contributed by atoms with E-state index in [0.717, 1.165) is 35.6 Å². The quantitative estimate of drug-likeness (QED) is 0.250. The molecular formula is C44H69N5O9S. The molecule has 2 aromatic rings. The number of ether oxygens (including phenoxy) is 3. The standard InChI is InChI=1S/C42H57N5O9S.C2H6.3H2/c1-7-41(18-19-41)57(52,53)46-38(50)42-23-27(42)14-9-8-13-25(2)21-26(3)33(43-39(51)56-40(4,5)6)37(49)47-24-28(22-32(47)34(48)45-42)55-36-31-16-11-10-15-29(31)30-17-12-20-54-35(30)44-36;1-2;;;/h9-11,14-16,25-28,32-33H,7-8,12-13,17-24H2,1-6H3,(H,43,51)(H,45,48)(H,46,50);1-2H3;3*1H/b14-9-;;;;/t25-,26+,27+,28+,32-,33?,42+;;;;/m0..../s1. The van der Waals surface area contributed by atoms with Crippen molar-refractivity contribution in [3.8, 4) is 11.8 Å². The zero-order valence-electron chi connectivity index (χ0n) is 35.9. The van der Waals surface area contributed by atoms with Gasteiger partial charge in [0.2, 0.25) is 33.6 Å². The molecule has 5 aliphatic rings. The molecule has 3 aliphatic heterocycles. The first-order chi connectivity index (χ1) is 28.0. The number of nitrogens with zero attached hydrogens (tertiary/aromatic N) is 2. The molecule has 0 bridgehead atoms. The predicted molar refractivity (Wildman–Crippen MR) is 231 cm³/mol. The van der Waals surface area contributed by atoms with Crippen LogP contribution < -0.4 is 24.8 Å². The summed E-state index contributed by atoms with van der Waals surface area (Å²) in [7, 11) is -4.01. The maximum Gasteiger partial charge on any atom is 0.408 e. The average Bonchev–Trinajstić information content (AvgIpc) is 4.10. The molecule has 2 aliphatic carbocycles. The molecule has 59 heavy (non-hydrogen) atoms. The van der Waals surface area contributed by atoms with Crippen LogP contribution in [0.5, 0.6) is 11.8 Å². The summed E-state index contributed by atoms with van der Waals surface area (Å²) in [4.78, 5) is 63.1. The molecule has 1 aromatic carbocycles. The zero-order chi connectivity index (χ0) is 42.9. The Morgan fingerprint density at radius 3 is 2.49 bits per heavy atom. The van der Waals surface area contributed by atoms with Gasteiger partial charge in [-0.1, -0.05) is 65.0 Å². The van der Waals surface area contributed by atoms with Crippen molar-refractivity contribution < 1.29 is 46.1 Å². The molecule has 1 unspecified atom stereocenters. The monoisotopic (exact) mass is 843 g/mol. The van der Waals surface area contributed by atoms with Gasteiger partial charge in [-0.25, -0.2) is 13.2 Å². The maximum atomic E-state index is 14.9. The fourth-order valence-electron chi connectivity index (χ4n) is 8.82. The number of amides is 4. The molecule has 2 saturated carbocycles. The topological polar surface area (TPSA) is 182 Å². The lowest BCUT2D eigenvalue weighted by atomic mass is 9.88. The molecule has 330 valence electrons. The number of aryl methyl sites for hydroxylation is 1. The van der Waals surface area contributed by atoms with E-state index in [-0.39, 0.29) is 35.5 Å². The van der Waals surface area contributed by atoms with Crippen molar-refractivity contribution in [2.75, 3.05) is 13.2 Å². The summed E-state index contributed by atoms with van der Waals surface area (Å²) in [5.41, 5.74) is -1.35. The number of aromatic nitrogens is 1. The van der Waals surface area contributed by atoms with E-state index in [1.807, 2.05) is 57.2 Å². The predicted octanol–water partition coefficient (Wildman–Crippen LogP) is 6.84. The van der Waals surface area contributed by atoms with Crippen LogP contribution in [-0.2, 0) is 35.6 Å². The minimum atomic E-state index is -4.01. The largest absolute Gasteiger partial charge is 0.477 e. The lowest BCUT2D eigenvalue weighted by Crippen LogP contribution is -2.59. The Morgan fingerprint density at radius 1 is 1.10 bits per heavy atom. The number of alkyl carbamates (subject to hydrolysis) is 1. The van der Waals surface area contributed by atoms with Crippen LogP contribution >= 0.6 is 0 Å². The summed E-state index contributed by atoms with van der Waals surface area (Å²) in [5, 5.41) is 7.50. The van der Waals surface area contributed by atoms with E-state index in [0.29, 0.717) is 50.5 Å². The second-order valence-corrected chi connectivity index (χ2v) is 19.9. The zero-order valence-corrected chi connectivity index (χ0v) is 36.7. The van der Waals surface area contributed by atoms with Gasteiger partial charge in [0.25, 0.3) is 5.91 Å². The Balaban J connectivity index is 0.00000202. The lowest BCUT2D eigenvalue weighted by Gasteiger charge is -2.33. The van der Waals surface area contributed by atoms with E-state index in [1.54, 1.807) is 27.7 Å². The summed E-state index contributed by atoms with van der Waals surface area (Å²) >= 11 is 0. The van der Waals surface area contributed by atoms with Crippen molar-refractivity contribution >= 4 is 44.6 Å². The van der Waals surface area contributed by atoms with Crippen LogP contribution in [0.15, 0.2) is 36.4 Å². The van der Waals surface area contributed by atoms with Crippen molar-refractivity contribution in [1.29, 1.82) is 0 Å². The third kappa shape index (κ3) is 9.34. The Hall–Kier alpha value is -4.40. The number of fused-ring (bicyclic) bond motifs is 5. The molecule has 4 heterocycles. The summed E-state index contributed by atoms with van der Waals surface area (Å²) in [6.07, 6.45) is 7.67. The van der Waals surface area contributed by atoms with Gasteiger partial charge in [0, 0.05) is 27.6 Å². The number of sulfonamides is 1. The number of rotatable bonds is 7. The van der Waals surface area contributed by atoms with Crippen LogP contribution in [0.4, 0.5) is 4.79 Å². The third-order valence-electron chi connectivity index (χ3n) is 12.4. The van der Waals surface area contributed by atoms with Gasteiger partial charge < -0.3 is 29.7 Å². The number of carbonyl (C=O) groups excluding carboxylic acids is 4. The molecule has 3 fully saturated rings. The number of nitrogens with one attached hydrogen (secondary N) is 3. The van der Waals surface area contributed by atoms with E-state index in [9.17, 15) is 27.6 Å². The van der Waals surface area contributed by atoms with Crippen molar-refractivity contribution in [2.45, 2.75) is 154 Å². The van der Waals surface area contributed by atoms with Crippen LogP contribution in [-0.4, -0.2) is 89.3 Å². The highest BCUT2D eigenvalue weighted by atomic mass is 32.2. The van der Waals surface area contributed by atoms with Crippen LogP contribution in [0.25, 0.3) is 10.8 Å². The number of benzene rings is 1. The van der Waals surface area contributed by atoms with Gasteiger partial charge in [-0.05, 0) is 102 Å². The first kappa shape index (κ1) is 44.2. The Bertz CT molecular complexity index is 2080. The molecule has 3 N–H and O–H groups in total. The average molecular weight is 844 g/mol. The van der Waals surface area contributed by atoms with Crippen molar-refractivity contribution in [1.82, 2.24) is 25.2 Å². The van der Waals surface area contributed by atoms with Crippen LogP contribution in [0, 0.1) is 17.8 Å². The number of hydrogen-bond acceptors (Lipinski definition) is 10. The van der Waals surface area contributed by atoms with Gasteiger partial charge in [-0.15, -0.1) is 0 Å². The highest BCUT2D eigenvalue weighted by Crippen LogP contribution is 2.49. The summed E-state index contributed by atoms with van der Waals surface area (Å²) in [5.74, 6) is -1.71. The van der Waals surface area contributed by atoms with Gasteiger partial charge in [0.1, 0.15) is 29.3 Å². The van der Waals surface area contributed by atoms with Gasteiger partial charge in [0.05, 0.1) is 17.9 Å². The number of allylic oxidation sites excluding steroid dienone is 1.